The van der Waals surface area contributed by atoms with E-state index in [-0.39, 0.29) is 13.0 Å². The molecule has 0 bridgehead atoms. The van der Waals surface area contributed by atoms with E-state index in [1.54, 1.807) is 38.1 Å². The van der Waals surface area contributed by atoms with Crippen molar-refractivity contribution in [3.05, 3.63) is 35.9 Å². The van der Waals surface area contributed by atoms with Gasteiger partial charge in [0.1, 0.15) is 6.04 Å². The predicted molar refractivity (Wildman–Crippen MR) is 87.7 cm³/mol. The summed E-state index contributed by atoms with van der Waals surface area (Å²) in [4.78, 5) is 35.7. The number of methoxy groups -OCH3 is 1. The van der Waals surface area contributed by atoms with Crippen molar-refractivity contribution < 1.29 is 23.9 Å². The number of rotatable bonds is 9. The van der Waals surface area contributed by atoms with Crippen molar-refractivity contribution in [3.8, 4) is 0 Å². The van der Waals surface area contributed by atoms with Crippen LogP contribution in [0.3, 0.4) is 0 Å². The molecule has 0 heterocycles. The van der Waals surface area contributed by atoms with Crippen molar-refractivity contribution in [2.45, 2.75) is 32.4 Å². The van der Waals surface area contributed by atoms with Gasteiger partial charge in [0, 0.05) is 7.11 Å². The third-order valence-electron chi connectivity index (χ3n) is 3.54. The van der Waals surface area contributed by atoms with Crippen LogP contribution < -0.4 is 11.1 Å². The van der Waals surface area contributed by atoms with Gasteiger partial charge in [-0.1, -0.05) is 37.3 Å². The van der Waals surface area contributed by atoms with E-state index in [2.05, 4.69) is 5.32 Å². The highest BCUT2D eigenvalue weighted by molar-refractivity contribution is 5.89. The normalized spacial score (nSPS) is 14.3. The van der Waals surface area contributed by atoms with E-state index in [9.17, 15) is 14.4 Å². The van der Waals surface area contributed by atoms with Crippen LogP contribution in [0.2, 0.25) is 0 Å². The van der Waals surface area contributed by atoms with Crippen LogP contribution in [0.15, 0.2) is 30.3 Å². The number of ether oxygens (including phenoxy) is 2. The molecule has 2 amide bonds. The Labute approximate surface area is 141 Å². The van der Waals surface area contributed by atoms with E-state index in [4.69, 9.17) is 15.2 Å². The Balaban J connectivity index is 2.81. The topological polar surface area (TPSA) is 108 Å². The molecule has 0 spiro atoms. The lowest BCUT2D eigenvalue weighted by Gasteiger charge is -2.24. The largest absolute Gasteiger partial charge is 0.466 e. The van der Waals surface area contributed by atoms with Crippen molar-refractivity contribution in [3.63, 3.8) is 0 Å². The molecule has 0 aliphatic heterocycles. The summed E-state index contributed by atoms with van der Waals surface area (Å²) in [6, 6.07) is 7.88. The maximum Gasteiger partial charge on any atom is 0.306 e. The number of carbonyl (C=O) groups excluding carboxylic acids is 3. The van der Waals surface area contributed by atoms with E-state index in [0.29, 0.717) is 5.56 Å². The number of esters is 1. The highest BCUT2D eigenvalue weighted by atomic mass is 16.5. The summed E-state index contributed by atoms with van der Waals surface area (Å²) in [5.74, 6) is -2.16. The van der Waals surface area contributed by atoms with Gasteiger partial charge >= 0.3 is 5.97 Å². The second-order valence-corrected chi connectivity index (χ2v) is 5.40. The Hall–Kier alpha value is -2.41. The summed E-state index contributed by atoms with van der Waals surface area (Å²) in [6.07, 6.45) is -0.895. The van der Waals surface area contributed by atoms with Crippen molar-refractivity contribution in [1.29, 1.82) is 0 Å². The molecule has 0 unspecified atom stereocenters. The number of hydrogen-bond donors (Lipinski definition) is 2. The predicted octanol–water partition coefficient (Wildman–Crippen LogP) is 0.933. The van der Waals surface area contributed by atoms with Crippen LogP contribution in [-0.2, 0) is 23.9 Å². The number of benzene rings is 1. The third-order valence-corrected chi connectivity index (χ3v) is 3.54. The Bertz CT molecular complexity index is 561. The van der Waals surface area contributed by atoms with E-state index in [0.717, 1.165) is 0 Å². The van der Waals surface area contributed by atoms with Gasteiger partial charge in [-0.3, -0.25) is 14.4 Å². The second-order valence-electron chi connectivity index (χ2n) is 5.40. The first kappa shape index (κ1) is 19.6. The van der Waals surface area contributed by atoms with Crippen LogP contribution in [-0.4, -0.2) is 37.5 Å². The molecule has 3 atom stereocenters. The molecule has 1 rings (SSSR count). The smallest absolute Gasteiger partial charge is 0.306 e. The molecule has 0 aliphatic carbocycles. The van der Waals surface area contributed by atoms with Gasteiger partial charge in [0.15, 0.2) is 6.10 Å². The minimum Gasteiger partial charge on any atom is -0.466 e. The molecule has 132 valence electrons. The van der Waals surface area contributed by atoms with Gasteiger partial charge in [-0.05, 0) is 18.4 Å². The molecular formula is C17H24N2O5. The first-order valence-corrected chi connectivity index (χ1v) is 7.73. The zero-order valence-electron chi connectivity index (χ0n) is 14.2. The van der Waals surface area contributed by atoms with Crippen molar-refractivity contribution in [1.82, 2.24) is 5.32 Å². The highest BCUT2D eigenvalue weighted by Crippen LogP contribution is 2.18. The zero-order valence-corrected chi connectivity index (χ0v) is 14.2. The van der Waals surface area contributed by atoms with Crippen LogP contribution in [0.4, 0.5) is 0 Å². The van der Waals surface area contributed by atoms with Crippen LogP contribution in [0.1, 0.15) is 31.9 Å². The fraction of sp³-hybridized carbons (Fsp3) is 0.471. The maximum absolute atomic E-state index is 12.4. The van der Waals surface area contributed by atoms with Gasteiger partial charge in [-0.25, -0.2) is 0 Å². The average molecular weight is 336 g/mol. The monoisotopic (exact) mass is 336 g/mol. The number of nitrogens with one attached hydrogen (secondary N) is 1. The second kappa shape index (κ2) is 9.67. The number of carbonyl (C=O) groups is 3. The fourth-order valence-corrected chi connectivity index (χ4v) is 2.35. The lowest BCUT2D eigenvalue weighted by Crippen LogP contribution is -2.50. The van der Waals surface area contributed by atoms with Gasteiger partial charge in [0.2, 0.25) is 5.91 Å². The van der Waals surface area contributed by atoms with E-state index in [1.165, 1.54) is 7.11 Å². The number of nitrogens with two attached hydrogens (primary N) is 1. The number of hydrogen-bond acceptors (Lipinski definition) is 5. The summed E-state index contributed by atoms with van der Waals surface area (Å²) < 4.78 is 10.1. The minimum absolute atomic E-state index is 0.0231. The average Bonchev–Trinajstić information content (AvgIpc) is 2.54. The van der Waals surface area contributed by atoms with E-state index < -0.39 is 35.8 Å². The molecule has 0 aromatic heterocycles. The molecule has 0 saturated heterocycles. The molecule has 0 aliphatic rings. The van der Waals surface area contributed by atoms with Crippen LogP contribution >= 0.6 is 0 Å². The van der Waals surface area contributed by atoms with Gasteiger partial charge in [0.05, 0.1) is 13.0 Å². The molecule has 1 aromatic rings. The van der Waals surface area contributed by atoms with Crippen LogP contribution in [0, 0.1) is 5.92 Å². The SMILES string of the molecule is CCOC(=O)C[C@@H](C)[C@@H](NC(=O)[C@H](OC)c1ccccc1)C(N)=O. The molecule has 0 radical (unpaired) electrons. The molecular weight excluding hydrogens is 312 g/mol. The van der Waals surface area contributed by atoms with Crippen molar-refractivity contribution in [2.24, 2.45) is 11.7 Å². The summed E-state index contributed by atoms with van der Waals surface area (Å²) in [5.41, 5.74) is 6.02. The Morgan fingerprint density at radius 2 is 1.83 bits per heavy atom. The lowest BCUT2D eigenvalue weighted by atomic mass is 9.97. The van der Waals surface area contributed by atoms with Gasteiger partial charge in [0.25, 0.3) is 5.91 Å². The Morgan fingerprint density at radius 1 is 1.21 bits per heavy atom. The molecule has 7 nitrogen and oxygen atoms in total. The molecule has 0 fully saturated rings. The Morgan fingerprint density at radius 3 is 2.33 bits per heavy atom. The van der Waals surface area contributed by atoms with E-state index in [1.807, 2.05) is 6.07 Å². The molecule has 1 aromatic carbocycles. The van der Waals surface area contributed by atoms with E-state index >= 15 is 0 Å². The number of primary amides is 1. The standard InChI is InChI=1S/C17H24N2O5/c1-4-24-13(20)10-11(2)14(16(18)21)19-17(22)15(23-3)12-8-6-5-7-9-12/h5-9,11,14-15H,4,10H2,1-3H3,(H2,18,21)(H,19,22)/t11-,14-,15-/m1/s1. The summed E-state index contributed by atoms with van der Waals surface area (Å²) in [5, 5.41) is 2.57. The zero-order chi connectivity index (χ0) is 18.1. The first-order valence-electron chi connectivity index (χ1n) is 7.73. The fourth-order valence-electron chi connectivity index (χ4n) is 2.35. The minimum atomic E-state index is -0.997. The first-order chi connectivity index (χ1) is 11.4. The summed E-state index contributed by atoms with van der Waals surface area (Å²) in [6.45, 7) is 3.59. The Kier molecular flexibility index (Phi) is 7.91. The third kappa shape index (κ3) is 5.66. The molecule has 3 N–H and O–H groups in total. The van der Waals surface area contributed by atoms with Gasteiger partial charge < -0.3 is 20.5 Å². The summed E-state index contributed by atoms with van der Waals surface area (Å²) in [7, 11) is 1.40. The van der Waals surface area contributed by atoms with Gasteiger partial charge in [-0.2, -0.15) is 0 Å². The quantitative estimate of drug-likeness (QED) is 0.652. The van der Waals surface area contributed by atoms with Gasteiger partial charge in [-0.15, -0.1) is 0 Å². The van der Waals surface area contributed by atoms with Crippen LogP contribution in [0.5, 0.6) is 0 Å². The lowest BCUT2D eigenvalue weighted by molar-refractivity contribution is -0.145. The molecule has 24 heavy (non-hydrogen) atoms. The van der Waals surface area contributed by atoms with Crippen molar-refractivity contribution >= 4 is 17.8 Å². The highest BCUT2D eigenvalue weighted by Gasteiger charge is 2.30. The van der Waals surface area contributed by atoms with Crippen LogP contribution in [0.25, 0.3) is 0 Å². The summed E-state index contributed by atoms with van der Waals surface area (Å²) >= 11 is 0. The molecule has 0 saturated carbocycles. The maximum atomic E-state index is 12.4. The number of amides is 2. The van der Waals surface area contributed by atoms with Crippen molar-refractivity contribution in [2.75, 3.05) is 13.7 Å². The molecule has 7 heteroatoms.